The van der Waals surface area contributed by atoms with Gasteiger partial charge in [0.2, 0.25) is 5.91 Å². The molecule has 33 heavy (non-hydrogen) atoms. The lowest BCUT2D eigenvalue weighted by molar-refractivity contribution is -0.146. The molecule has 3 rings (SSSR count). The Morgan fingerprint density at radius 3 is 1.91 bits per heavy atom. The molecule has 6 nitrogen and oxygen atoms in total. The number of amides is 1. The van der Waals surface area contributed by atoms with Gasteiger partial charge in [-0.25, -0.2) is 0 Å². The Hall–Kier alpha value is -3.93. The largest absolute Gasteiger partial charge is 0.497 e. The average molecular weight is 446 g/mol. The summed E-state index contributed by atoms with van der Waals surface area (Å²) < 4.78 is 5.12. The van der Waals surface area contributed by atoms with Crippen molar-refractivity contribution in [3.05, 3.63) is 83.9 Å². The smallest absolute Gasteiger partial charge is 0.309 e. The Morgan fingerprint density at radius 2 is 1.39 bits per heavy atom. The van der Waals surface area contributed by atoms with Crippen molar-refractivity contribution in [2.24, 2.45) is 5.41 Å². The van der Waals surface area contributed by atoms with Crippen LogP contribution in [0, 0.1) is 5.41 Å². The minimum Gasteiger partial charge on any atom is -0.497 e. The Balaban J connectivity index is 1.60. The summed E-state index contributed by atoms with van der Waals surface area (Å²) in [6, 6.07) is 21.9. The number of ether oxygens (including phenoxy) is 1. The Labute approximate surface area is 193 Å². The highest BCUT2D eigenvalue weighted by atomic mass is 16.5. The number of Topliss-reactive ketones (excluding diaryl/α,β-unsaturated/α-hetero) is 1. The summed E-state index contributed by atoms with van der Waals surface area (Å²) in [6.45, 7) is 3.08. The van der Waals surface area contributed by atoms with E-state index in [2.05, 4.69) is 5.32 Å². The minimum absolute atomic E-state index is 0.0629. The average Bonchev–Trinajstić information content (AvgIpc) is 2.80. The third kappa shape index (κ3) is 6.29. The number of benzene rings is 3. The normalized spacial score (nSPS) is 11.0. The van der Waals surface area contributed by atoms with Crippen molar-refractivity contribution in [2.45, 2.75) is 26.7 Å². The molecule has 0 aromatic heterocycles. The predicted molar refractivity (Wildman–Crippen MR) is 128 cm³/mol. The molecular formula is C27H27NO5. The summed E-state index contributed by atoms with van der Waals surface area (Å²) in [7, 11) is 1.60. The maximum atomic E-state index is 12.4. The van der Waals surface area contributed by atoms with Gasteiger partial charge < -0.3 is 15.2 Å². The number of nitrogens with one attached hydrogen (secondary N) is 1. The van der Waals surface area contributed by atoms with Gasteiger partial charge >= 0.3 is 5.97 Å². The number of hydrogen-bond acceptors (Lipinski definition) is 4. The van der Waals surface area contributed by atoms with Crippen LogP contribution in [0.1, 0.15) is 36.2 Å². The number of hydrogen-bond donors (Lipinski definition) is 2. The minimum atomic E-state index is -1.11. The maximum absolute atomic E-state index is 12.4. The van der Waals surface area contributed by atoms with Crippen LogP contribution in [0.3, 0.4) is 0 Å². The molecule has 6 heteroatoms. The van der Waals surface area contributed by atoms with E-state index in [9.17, 15) is 19.5 Å². The quantitative estimate of drug-likeness (QED) is 0.440. The number of carboxylic acids is 1. The van der Waals surface area contributed by atoms with Gasteiger partial charge in [0.25, 0.3) is 0 Å². The lowest BCUT2D eigenvalue weighted by Crippen LogP contribution is -2.26. The summed E-state index contributed by atoms with van der Waals surface area (Å²) in [5, 5.41) is 12.1. The second kappa shape index (κ2) is 10.1. The van der Waals surface area contributed by atoms with E-state index in [1.807, 2.05) is 60.7 Å². The van der Waals surface area contributed by atoms with Crippen molar-refractivity contribution in [1.82, 2.24) is 0 Å². The Bertz CT molecular complexity index is 1130. The number of anilines is 1. The first-order valence-corrected chi connectivity index (χ1v) is 10.6. The van der Waals surface area contributed by atoms with E-state index in [0.29, 0.717) is 11.3 Å². The maximum Gasteiger partial charge on any atom is 0.309 e. The standard InChI is InChI=1S/C27H27NO5/c1-27(2,26(31)32)17-24(29)21-8-6-19(7-9-21)20-10-12-22(13-11-20)28-25(30)16-18-4-14-23(33-3)15-5-18/h4-15H,16-17H2,1-3H3,(H,28,30)(H,31,32). The van der Waals surface area contributed by atoms with E-state index in [-0.39, 0.29) is 24.5 Å². The fraction of sp³-hybridized carbons (Fsp3) is 0.222. The molecule has 1 amide bonds. The summed E-state index contributed by atoms with van der Waals surface area (Å²) >= 11 is 0. The number of carboxylic acid groups (broad SMARTS) is 1. The van der Waals surface area contributed by atoms with Crippen molar-refractivity contribution in [3.63, 3.8) is 0 Å². The van der Waals surface area contributed by atoms with Gasteiger partial charge in [0.05, 0.1) is 18.9 Å². The molecule has 0 aliphatic heterocycles. The number of methoxy groups -OCH3 is 1. The van der Waals surface area contributed by atoms with Crippen LogP contribution < -0.4 is 10.1 Å². The number of aliphatic carboxylic acids is 1. The second-order valence-electron chi connectivity index (χ2n) is 8.52. The molecule has 0 saturated heterocycles. The number of rotatable bonds is 9. The zero-order valence-corrected chi connectivity index (χ0v) is 18.9. The molecule has 0 spiro atoms. The predicted octanol–water partition coefficient (Wildman–Crippen LogP) is 5.23. The molecule has 2 N–H and O–H groups in total. The molecule has 0 bridgehead atoms. The molecule has 0 atom stereocenters. The van der Waals surface area contributed by atoms with E-state index in [0.717, 1.165) is 22.4 Å². The molecule has 0 radical (unpaired) electrons. The van der Waals surface area contributed by atoms with Gasteiger partial charge in [-0.15, -0.1) is 0 Å². The molecule has 0 aliphatic rings. The second-order valence-corrected chi connectivity index (χ2v) is 8.52. The van der Waals surface area contributed by atoms with Gasteiger partial charge in [-0.1, -0.05) is 48.5 Å². The number of ketones is 1. The first-order chi connectivity index (χ1) is 15.7. The summed E-state index contributed by atoms with van der Waals surface area (Å²) in [5.74, 6) is -0.566. The molecule has 0 unspecified atom stereocenters. The third-order valence-corrected chi connectivity index (χ3v) is 5.41. The monoisotopic (exact) mass is 445 g/mol. The van der Waals surface area contributed by atoms with Crippen LogP contribution in [0.15, 0.2) is 72.8 Å². The molecule has 0 fully saturated rings. The van der Waals surface area contributed by atoms with Gasteiger partial charge in [-0.3, -0.25) is 14.4 Å². The van der Waals surface area contributed by atoms with E-state index in [1.54, 1.807) is 33.1 Å². The Kier molecular flexibility index (Phi) is 7.28. The highest BCUT2D eigenvalue weighted by molar-refractivity contribution is 5.99. The summed E-state index contributed by atoms with van der Waals surface area (Å²) in [6.07, 6.45) is 0.201. The van der Waals surface area contributed by atoms with Crippen LogP contribution in [0.5, 0.6) is 5.75 Å². The third-order valence-electron chi connectivity index (χ3n) is 5.41. The lowest BCUT2D eigenvalue weighted by Gasteiger charge is -2.17. The summed E-state index contributed by atoms with van der Waals surface area (Å²) in [4.78, 5) is 36.0. The van der Waals surface area contributed by atoms with Crippen LogP contribution in [0.25, 0.3) is 11.1 Å². The molecule has 0 saturated carbocycles. The zero-order chi connectivity index (χ0) is 24.0. The molecule has 3 aromatic carbocycles. The number of carbonyl (C=O) groups is 3. The SMILES string of the molecule is COc1ccc(CC(=O)Nc2ccc(-c3ccc(C(=O)CC(C)(C)C(=O)O)cc3)cc2)cc1. The van der Waals surface area contributed by atoms with Gasteiger partial charge in [-0.05, 0) is 54.8 Å². The molecule has 3 aromatic rings. The van der Waals surface area contributed by atoms with Gasteiger partial charge in [0, 0.05) is 17.7 Å². The highest BCUT2D eigenvalue weighted by Crippen LogP contribution is 2.26. The molecule has 170 valence electrons. The van der Waals surface area contributed by atoms with Crippen molar-refractivity contribution in [2.75, 3.05) is 12.4 Å². The lowest BCUT2D eigenvalue weighted by atomic mass is 9.85. The molecular weight excluding hydrogens is 418 g/mol. The molecule has 0 heterocycles. The van der Waals surface area contributed by atoms with Gasteiger partial charge in [-0.2, -0.15) is 0 Å². The van der Waals surface area contributed by atoms with Crippen molar-refractivity contribution in [1.29, 1.82) is 0 Å². The summed E-state index contributed by atoms with van der Waals surface area (Å²) in [5.41, 5.74) is 2.82. The van der Waals surface area contributed by atoms with Crippen molar-refractivity contribution < 1.29 is 24.2 Å². The van der Waals surface area contributed by atoms with Crippen LogP contribution in [-0.2, 0) is 16.0 Å². The van der Waals surface area contributed by atoms with Crippen LogP contribution in [0.4, 0.5) is 5.69 Å². The van der Waals surface area contributed by atoms with Crippen LogP contribution >= 0.6 is 0 Å². The van der Waals surface area contributed by atoms with E-state index < -0.39 is 11.4 Å². The zero-order valence-electron chi connectivity index (χ0n) is 18.9. The van der Waals surface area contributed by atoms with E-state index in [4.69, 9.17) is 4.74 Å². The first kappa shape index (κ1) is 23.7. The fourth-order valence-corrected chi connectivity index (χ4v) is 3.31. The highest BCUT2D eigenvalue weighted by Gasteiger charge is 2.30. The first-order valence-electron chi connectivity index (χ1n) is 10.6. The van der Waals surface area contributed by atoms with E-state index in [1.165, 1.54) is 0 Å². The van der Waals surface area contributed by atoms with Crippen LogP contribution in [-0.4, -0.2) is 29.9 Å². The van der Waals surface area contributed by atoms with Crippen LogP contribution in [0.2, 0.25) is 0 Å². The topological polar surface area (TPSA) is 92.7 Å². The van der Waals surface area contributed by atoms with Crippen molar-refractivity contribution in [3.8, 4) is 16.9 Å². The Morgan fingerprint density at radius 1 is 0.848 bits per heavy atom. The molecule has 0 aliphatic carbocycles. The van der Waals surface area contributed by atoms with E-state index >= 15 is 0 Å². The van der Waals surface area contributed by atoms with Crippen molar-refractivity contribution >= 4 is 23.3 Å². The van der Waals surface area contributed by atoms with Gasteiger partial charge in [0.1, 0.15) is 5.75 Å². The fourth-order valence-electron chi connectivity index (χ4n) is 3.31. The van der Waals surface area contributed by atoms with Gasteiger partial charge in [0.15, 0.2) is 5.78 Å². The number of carbonyl (C=O) groups excluding carboxylic acids is 2.